The molecule has 1 aliphatic carbocycles. The van der Waals surface area contributed by atoms with Gasteiger partial charge in [0.1, 0.15) is 12.2 Å². The standard InChI is InChI=1S/C17H24N6O/c1-3-13-21-14-15(18-10-19-16(14)23(13)4-2)20-12-7-8-22(9-12)17(24)11-5-6-11/h10-12H,3-9H2,1-2H3,(H,18,19,20). The largest absolute Gasteiger partial charge is 0.364 e. The molecule has 4 rings (SSSR count). The zero-order valence-corrected chi connectivity index (χ0v) is 14.3. The summed E-state index contributed by atoms with van der Waals surface area (Å²) < 4.78 is 2.14. The molecule has 24 heavy (non-hydrogen) atoms. The topological polar surface area (TPSA) is 75.9 Å². The molecule has 3 heterocycles. The first-order valence-electron chi connectivity index (χ1n) is 8.96. The van der Waals surface area contributed by atoms with E-state index in [-0.39, 0.29) is 6.04 Å². The van der Waals surface area contributed by atoms with Crippen LogP contribution in [-0.4, -0.2) is 49.5 Å². The summed E-state index contributed by atoms with van der Waals surface area (Å²) in [5.74, 6) is 2.44. The van der Waals surface area contributed by atoms with Gasteiger partial charge >= 0.3 is 0 Å². The van der Waals surface area contributed by atoms with E-state index >= 15 is 0 Å². The van der Waals surface area contributed by atoms with Crippen molar-refractivity contribution in [1.82, 2.24) is 24.4 Å². The Labute approximate surface area is 141 Å². The third kappa shape index (κ3) is 2.61. The lowest BCUT2D eigenvalue weighted by molar-refractivity contribution is -0.131. The number of carbonyl (C=O) groups excluding carboxylic acids is 1. The number of carbonyl (C=O) groups is 1. The number of anilines is 1. The van der Waals surface area contributed by atoms with Crippen LogP contribution in [0.2, 0.25) is 0 Å². The van der Waals surface area contributed by atoms with Gasteiger partial charge in [0.2, 0.25) is 5.91 Å². The number of amides is 1. The Hall–Kier alpha value is -2.18. The Morgan fingerprint density at radius 2 is 2.12 bits per heavy atom. The first-order valence-corrected chi connectivity index (χ1v) is 8.96. The summed E-state index contributed by atoms with van der Waals surface area (Å²) in [5, 5.41) is 3.50. The van der Waals surface area contributed by atoms with Crippen molar-refractivity contribution in [2.75, 3.05) is 18.4 Å². The van der Waals surface area contributed by atoms with Gasteiger partial charge in [-0.2, -0.15) is 0 Å². The summed E-state index contributed by atoms with van der Waals surface area (Å²) in [7, 11) is 0. The van der Waals surface area contributed by atoms with Crippen molar-refractivity contribution in [2.24, 2.45) is 5.92 Å². The first kappa shape index (κ1) is 15.4. The van der Waals surface area contributed by atoms with Gasteiger partial charge < -0.3 is 14.8 Å². The highest BCUT2D eigenvalue weighted by Gasteiger charge is 2.36. The minimum absolute atomic E-state index is 0.239. The van der Waals surface area contributed by atoms with E-state index in [4.69, 9.17) is 4.98 Å². The highest BCUT2D eigenvalue weighted by molar-refractivity contribution is 5.84. The lowest BCUT2D eigenvalue weighted by Crippen LogP contribution is -2.32. The lowest BCUT2D eigenvalue weighted by Gasteiger charge is -2.17. The number of likely N-dealkylation sites (tertiary alicyclic amines) is 1. The number of fused-ring (bicyclic) bond motifs is 1. The Kier molecular flexibility index (Phi) is 3.86. The van der Waals surface area contributed by atoms with Crippen LogP contribution in [0.25, 0.3) is 11.2 Å². The summed E-state index contributed by atoms with van der Waals surface area (Å²) >= 11 is 0. The average Bonchev–Trinajstić information content (AvgIpc) is 3.23. The van der Waals surface area contributed by atoms with Crippen LogP contribution >= 0.6 is 0 Å². The molecule has 1 atom stereocenters. The maximum atomic E-state index is 12.2. The first-order chi connectivity index (χ1) is 11.7. The summed E-state index contributed by atoms with van der Waals surface area (Å²) in [6.45, 7) is 6.66. The van der Waals surface area contributed by atoms with Gasteiger partial charge in [0.15, 0.2) is 17.0 Å². The Morgan fingerprint density at radius 3 is 2.83 bits per heavy atom. The van der Waals surface area contributed by atoms with Crippen LogP contribution in [0.1, 0.15) is 38.9 Å². The van der Waals surface area contributed by atoms with Gasteiger partial charge in [0, 0.05) is 38.0 Å². The van der Waals surface area contributed by atoms with Crippen LogP contribution in [0.5, 0.6) is 0 Å². The molecular formula is C17H24N6O. The van der Waals surface area contributed by atoms with Gasteiger partial charge in [-0.15, -0.1) is 0 Å². The number of imidazole rings is 1. The average molecular weight is 328 g/mol. The molecule has 2 fully saturated rings. The van der Waals surface area contributed by atoms with E-state index in [9.17, 15) is 4.79 Å². The van der Waals surface area contributed by atoms with Crippen molar-refractivity contribution in [3.8, 4) is 0 Å². The van der Waals surface area contributed by atoms with E-state index in [0.717, 1.165) is 68.1 Å². The van der Waals surface area contributed by atoms with E-state index in [1.54, 1.807) is 6.33 Å². The molecule has 0 spiro atoms. The molecule has 1 saturated carbocycles. The van der Waals surface area contributed by atoms with E-state index < -0.39 is 0 Å². The molecule has 1 amide bonds. The molecule has 1 N–H and O–H groups in total. The van der Waals surface area contributed by atoms with Gasteiger partial charge in [-0.3, -0.25) is 4.79 Å². The van der Waals surface area contributed by atoms with Crippen LogP contribution in [0.15, 0.2) is 6.33 Å². The fourth-order valence-electron chi connectivity index (χ4n) is 3.55. The molecule has 1 aliphatic heterocycles. The van der Waals surface area contributed by atoms with Crippen molar-refractivity contribution < 1.29 is 4.79 Å². The van der Waals surface area contributed by atoms with Crippen molar-refractivity contribution in [3.05, 3.63) is 12.2 Å². The second-order valence-electron chi connectivity index (χ2n) is 6.71. The smallest absolute Gasteiger partial charge is 0.225 e. The summed E-state index contributed by atoms with van der Waals surface area (Å²) in [5.41, 5.74) is 1.72. The Balaban J connectivity index is 1.54. The quantitative estimate of drug-likeness (QED) is 0.906. The number of hydrogen-bond acceptors (Lipinski definition) is 5. The Bertz CT molecular complexity index is 766. The zero-order valence-electron chi connectivity index (χ0n) is 14.3. The molecule has 2 aromatic heterocycles. The van der Waals surface area contributed by atoms with E-state index in [1.807, 2.05) is 4.90 Å². The predicted molar refractivity (Wildman–Crippen MR) is 91.7 cm³/mol. The Morgan fingerprint density at radius 1 is 1.29 bits per heavy atom. The highest BCUT2D eigenvalue weighted by Crippen LogP contribution is 2.32. The van der Waals surface area contributed by atoms with Crippen LogP contribution in [0, 0.1) is 5.92 Å². The van der Waals surface area contributed by atoms with Crippen LogP contribution < -0.4 is 5.32 Å². The summed E-state index contributed by atoms with van der Waals surface area (Å²) in [6, 6.07) is 0.239. The predicted octanol–water partition coefficient (Wildman–Crippen LogP) is 1.83. The third-order valence-corrected chi connectivity index (χ3v) is 5.01. The van der Waals surface area contributed by atoms with E-state index in [0.29, 0.717) is 11.8 Å². The number of hydrogen-bond donors (Lipinski definition) is 1. The van der Waals surface area contributed by atoms with Crippen LogP contribution in [-0.2, 0) is 17.8 Å². The molecule has 0 aromatic carbocycles. The fraction of sp³-hybridized carbons (Fsp3) is 0.647. The normalized spacial score (nSPS) is 20.8. The molecule has 128 valence electrons. The maximum Gasteiger partial charge on any atom is 0.225 e. The minimum atomic E-state index is 0.239. The molecule has 0 bridgehead atoms. The number of rotatable bonds is 5. The van der Waals surface area contributed by atoms with Crippen molar-refractivity contribution in [3.63, 3.8) is 0 Å². The number of aromatic nitrogens is 4. The van der Waals surface area contributed by atoms with Gasteiger partial charge in [-0.25, -0.2) is 15.0 Å². The van der Waals surface area contributed by atoms with E-state index in [1.165, 1.54) is 0 Å². The maximum absolute atomic E-state index is 12.2. The molecule has 2 aliphatic rings. The summed E-state index contributed by atoms with van der Waals surface area (Å²) in [4.78, 5) is 27.8. The SMILES string of the molecule is CCc1nc2c(NC3CCN(C(=O)C4CC4)C3)ncnc2n1CC. The monoisotopic (exact) mass is 328 g/mol. The number of nitrogens with zero attached hydrogens (tertiary/aromatic N) is 5. The molecule has 7 heteroatoms. The fourth-order valence-corrected chi connectivity index (χ4v) is 3.55. The molecular weight excluding hydrogens is 304 g/mol. The number of aryl methyl sites for hydroxylation is 2. The number of nitrogens with one attached hydrogen (secondary N) is 1. The third-order valence-electron chi connectivity index (χ3n) is 5.01. The van der Waals surface area contributed by atoms with Crippen LogP contribution in [0.3, 0.4) is 0 Å². The van der Waals surface area contributed by atoms with Crippen molar-refractivity contribution in [2.45, 2.75) is 52.1 Å². The molecule has 7 nitrogen and oxygen atoms in total. The molecule has 1 unspecified atom stereocenters. The van der Waals surface area contributed by atoms with Gasteiger partial charge in [-0.05, 0) is 26.2 Å². The second-order valence-corrected chi connectivity index (χ2v) is 6.71. The molecule has 0 radical (unpaired) electrons. The minimum Gasteiger partial charge on any atom is -0.364 e. The summed E-state index contributed by atoms with van der Waals surface area (Å²) in [6.07, 6.45) is 5.55. The van der Waals surface area contributed by atoms with Gasteiger partial charge in [0.05, 0.1) is 0 Å². The van der Waals surface area contributed by atoms with Crippen LogP contribution in [0.4, 0.5) is 5.82 Å². The van der Waals surface area contributed by atoms with Crippen molar-refractivity contribution in [1.29, 1.82) is 0 Å². The van der Waals surface area contributed by atoms with Gasteiger partial charge in [-0.1, -0.05) is 6.92 Å². The van der Waals surface area contributed by atoms with Gasteiger partial charge in [0.25, 0.3) is 0 Å². The van der Waals surface area contributed by atoms with E-state index in [2.05, 4.69) is 33.7 Å². The highest BCUT2D eigenvalue weighted by atomic mass is 16.2. The second kappa shape index (κ2) is 6.03. The molecule has 1 saturated heterocycles. The van der Waals surface area contributed by atoms with Crippen molar-refractivity contribution >= 4 is 22.9 Å². The lowest BCUT2D eigenvalue weighted by atomic mass is 10.2. The zero-order chi connectivity index (χ0) is 16.7. The molecule has 2 aromatic rings.